The third-order valence-electron chi connectivity index (χ3n) is 6.27. The first-order valence-corrected chi connectivity index (χ1v) is 11.6. The van der Waals surface area contributed by atoms with Crippen molar-refractivity contribution in [2.24, 2.45) is 7.05 Å². The molecule has 7 nitrogen and oxygen atoms in total. The van der Waals surface area contributed by atoms with Crippen molar-refractivity contribution in [3.05, 3.63) is 95.9 Å². The molecular weight excluding hydrogens is 440 g/mol. The van der Waals surface area contributed by atoms with E-state index in [1.165, 1.54) is 0 Å². The zero-order valence-corrected chi connectivity index (χ0v) is 20.3. The minimum atomic E-state index is -0.137. The molecule has 1 atom stereocenters. The van der Waals surface area contributed by atoms with Crippen LogP contribution in [0.25, 0.3) is 10.9 Å². The Morgan fingerprint density at radius 3 is 2.60 bits per heavy atom. The van der Waals surface area contributed by atoms with Crippen molar-refractivity contribution in [1.82, 2.24) is 19.8 Å². The van der Waals surface area contributed by atoms with Gasteiger partial charge in [-0.15, -0.1) is 0 Å². The molecule has 4 rings (SSSR count). The number of amides is 2. The molecule has 1 N–H and O–H groups in total. The number of benzene rings is 2. The molecule has 2 heterocycles. The minimum absolute atomic E-state index is 0.132. The van der Waals surface area contributed by atoms with Crippen LogP contribution in [0.15, 0.2) is 79.1 Å². The largest absolute Gasteiger partial charge is 0.497 e. The molecule has 0 spiro atoms. The maximum Gasteiger partial charge on any atom is 0.267 e. The Balaban J connectivity index is 1.56. The molecule has 0 radical (unpaired) electrons. The number of methoxy groups -OCH3 is 1. The lowest BCUT2D eigenvalue weighted by Gasteiger charge is -2.29. The molecule has 35 heavy (non-hydrogen) atoms. The van der Waals surface area contributed by atoms with Crippen molar-refractivity contribution >= 4 is 22.7 Å². The normalized spacial score (nSPS) is 11.7. The topological polar surface area (TPSA) is 76.5 Å². The fraction of sp³-hybridized carbons (Fsp3) is 0.250. The van der Waals surface area contributed by atoms with Gasteiger partial charge in [0, 0.05) is 44.5 Å². The van der Waals surface area contributed by atoms with E-state index in [0.717, 1.165) is 10.9 Å². The lowest BCUT2D eigenvalue weighted by Crippen LogP contribution is -2.41. The van der Waals surface area contributed by atoms with Crippen LogP contribution < -0.4 is 10.1 Å². The lowest BCUT2D eigenvalue weighted by molar-refractivity contribution is 0.0724. The zero-order chi connectivity index (χ0) is 24.8. The number of aryl methyl sites for hydroxylation is 1. The number of fused-ring (bicyclic) bond motifs is 1. The highest BCUT2D eigenvalue weighted by Gasteiger charge is 2.24. The van der Waals surface area contributed by atoms with Crippen LogP contribution in [0.4, 0.5) is 0 Å². The molecule has 0 fully saturated rings. The quantitative estimate of drug-likeness (QED) is 0.400. The van der Waals surface area contributed by atoms with E-state index >= 15 is 0 Å². The summed E-state index contributed by atoms with van der Waals surface area (Å²) in [7, 11) is 5.23. The SMILES string of the molecule is COc1cc(C(=O)N(C)[C@H](CCNC(=O)c2cccn2C)Cc2ccccc2)c2ncccc2c1. The number of hydrogen-bond acceptors (Lipinski definition) is 4. The fourth-order valence-corrected chi connectivity index (χ4v) is 4.26. The highest BCUT2D eigenvalue weighted by atomic mass is 16.5. The summed E-state index contributed by atoms with van der Waals surface area (Å²) in [4.78, 5) is 32.5. The Bertz CT molecular complexity index is 1320. The van der Waals surface area contributed by atoms with Crippen molar-refractivity contribution in [2.45, 2.75) is 18.9 Å². The van der Waals surface area contributed by atoms with E-state index in [9.17, 15) is 9.59 Å². The zero-order valence-electron chi connectivity index (χ0n) is 20.3. The summed E-state index contributed by atoms with van der Waals surface area (Å²) in [6.07, 6.45) is 4.79. The van der Waals surface area contributed by atoms with Gasteiger partial charge in [0.25, 0.3) is 11.8 Å². The van der Waals surface area contributed by atoms with Gasteiger partial charge in [-0.05, 0) is 48.7 Å². The molecule has 2 amide bonds. The predicted molar refractivity (Wildman–Crippen MR) is 137 cm³/mol. The van der Waals surface area contributed by atoms with Gasteiger partial charge < -0.3 is 19.5 Å². The Morgan fingerprint density at radius 2 is 1.89 bits per heavy atom. The summed E-state index contributed by atoms with van der Waals surface area (Å²) in [5.41, 5.74) is 2.86. The number of nitrogens with zero attached hydrogens (tertiary/aromatic N) is 3. The monoisotopic (exact) mass is 470 g/mol. The molecule has 180 valence electrons. The number of carbonyl (C=O) groups excluding carboxylic acids is 2. The van der Waals surface area contributed by atoms with Crippen molar-refractivity contribution in [2.75, 3.05) is 20.7 Å². The van der Waals surface area contributed by atoms with E-state index in [1.54, 1.807) is 34.9 Å². The van der Waals surface area contributed by atoms with Crippen LogP contribution >= 0.6 is 0 Å². The molecule has 0 aliphatic heterocycles. The summed E-state index contributed by atoms with van der Waals surface area (Å²) in [5, 5.41) is 3.84. The molecule has 0 saturated carbocycles. The molecule has 0 aliphatic rings. The van der Waals surface area contributed by atoms with Crippen LogP contribution in [0.3, 0.4) is 0 Å². The van der Waals surface area contributed by atoms with Gasteiger partial charge >= 0.3 is 0 Å². The summed E-state index contributed by atoms with van der Waals surface area (Å²) < 4.78 is 7.22. The van der Waals surface area contributed by atoms with Gasteiger partial charge in [-0.3, -0.25) is 14.6 Å². The molecule has 0 unspecified atom stereocenters. The maximum absolute atomic E-state index is 13.7. The Hall–Kier alpha value is -4.13. The first-order valence-electron chi connectivity index (χ1n) is 11.6. The second kappa shape index (κ2) is 10.9. The van der Waals surface area contributed by atoms with E-state index in [-0.39, 0.29) is 17.9 Å². The number of aromatic nitrogens is 2. The van der Waals surface area contributed by atoms with Gasteiger partial charge in [-0.25, -0.2) is 0 Å². The lowest BCUT2D eigenvalue weighted by atomic mass is 10.0. The standard InChI is InChI=1S/C28H30N4O3/c1-31-16-8-12-25(31)27(33)30-15-13-22(17-20-9-5-4-6-10-20)32(2)28(34)24-19-23(35-3)18-21-11-7-14-29-26(21)24/h4-12,14,16,18-19,22H,13,15,17H2,1-3H3,(H,30,33)/t22-/m1/s1. The number of ether oxygens (including phenoxy) is 1. The third kappa shape index (κ3) is 5.51. The maximum atomic E-state index is 13.7. The third-order valence-corrected chi connectivity index (χ3v) is 6.27. The van der Waals surface area contributed by atoms with E-state index in [0.29, 0.717) is 41.9 Å². The van der Waals surface area contributed by atoms with Gasteiger partial charge in [0.1, 0.15) is 11.4 Å². The Labute approximate surface area is 205 Å². The van der Waals surface area contributed by atoms with Crippen LogP contribution in [0.2, 0.25) is 0 Å². The van der Waals surface area contributed by atoms with Crippen molar-refractivity contribution in [3.8, 4) is 5.75 Å². The first kappa shape index (κ1) is 24.0. The van der Waals surface area contributed by atoms with Gasteiger partial charge in [0.2, 0.25) is 0 Å². The van der Waals surface area contributed by atoms with Gasteiger partial charge in [-0.2, -0.15) is 0 Å². The fourth-order valence-electron chi connectivity index (χ4n) is 4.26. The van der Waals surface area contributed by atoms with Crippen LogP contribution in [0, 0.1) is 0 Å². The van der Waals surface area contributed by atoms with Crippen molar-refractivity contribution < 1.29 is 14.3 Å². The van der Waals surface area contributed by atoms with Crippen LogP contribution in [0.1, 0.15) is 32.8 Å². The molecule has 0 saturated heterocycles. The first-order chi connectivity index (χ1) is 17.0. The molecule has 2 aromatic heterocycles. The molecule has 0 aliphatic carbocycles. The molecular formula is C28H30N4O3. The summed E-state index contributed by atoms with van der Waals surface area (Å²) in [6.45, 7) is 0.441. The molecule has 4 aromatic rings. The number of nitrogens with one attached hydrogen (secondary N) is 1. The van der Waals surface area contributed by atoms with E-state index in [4.69, 9.17) is 4.74 Å². The van der Waals surface area contributed by atoms with Crippen LogP contribution in [-0.4, -0.2) is 53.0 Å². The number of carbonyl (C=O) groups is 2. The summed E-state index contributed by atoms with van der Waals surface area (Å²) >= 11 is 0. The number of hydrogen-bond donors (Lipinski definition) is 1. The number of rotatable bonds is 9. The second-order valence-corrected chi connectivity index (χ2v) is 8.56. The Morgan fingerprint density at radius 1 is 1.09 bits per heavy atom. The summed E-state index contributed by atoms with van der Waals surface area (Å²) in [5.74, 6) is 0.340. The highest BCUT2D eigenvalue weighted by molar-refractivity contribution is 6.06. The average molecular weight is 471 g/mol. The summed E-state index contributed by atoms with van der Waals surface area (Å²) in [6, 6.07) is 20.9. The van der Waals surface area contributed by atoms with E-state index in [1.807, 2.05) is 62.8 Å². The van der Waals surface area contributed by atoms with Crippen molar-refractivity contribution in [3.63, 3.8) is 0 Å². The van der Waals surface area contributed by atoms with Gasteiger partial charge in [0.15, 0.2) is 0 Å². The van der Waals surface area contributed by atoms with Crippen LogP contribution in [-0.2, 0) is 13.5 Å². The van der Waals surface area contributed by atoms with Gasteiger partial charge in [-0.1, -0.05) is 36.4 Å². The second-order valence-electron chi connectivity index (χ2n) is 8.56. The molecule has 7 heteroatoms. The van der Waals surface area contributed by atoms with Crippen molar-refractivity contribution in [1.29, 1.82) is 0 Å². The smallest absolute Gasteiger partial charge is 0.267 e. The number of pyridine rings is 1. The molecule has 2 aromatic carbocycles. The van der Waals surface area contributed by atoms with Crippen LogP contribution in [0.5, 0.6) is 5.75 Å². The minimum Gasteiger partial charge on any atom is -0.497 e. The van der Waals surface area contributed by atoms with E-state index < -0.39 is 0 Å². The van der Waals surface area contributed by atoms with Gasteiger partial charge in [0.05, 0.1) is 18.2 Å². The highest BCUT2D eigenvalue weighted by Crippen LogP contribution is 2.26. The Kier molecular flexibility index (Phi) is 7.45. The predicted octanol–water partition coefficient (Wildman–Crippen LogP) is 4.09. The number of likely N-dealkylation sites (N-methyl/N-ethyl adjacent to an activating group) is 1. The van der Waals surface area contributed by atoms with E-state index in [2.05, 4.69) is 22.4 Å². The average Bonchev–Trinajstić information content (AvgIpc) is 3.33. The molecule has 0 bridgehead atoms.